The molecule has 1 aromatic rings. The Hall–Kier alpha value is -0.290. The largest absolute Gasteiger partial charge is 0.398 e. The van der Waals surface area contributed by atoms with Crippen molar-refractivity contribution in [2.75, 3.05) is 18.8 Å². The van der Waals surface area contributed by atoms with Gasteiger partial charge < -0.3 is 5.73 Å². The minimum atomic E-state index is 0.882. The quantitative estimate of drug-likeness (QED) is 0.667. The molecule has 0 spiro atoms. The van der Waals surface area contributed by atoms with Crippen molar-refractivity contribution in [3.05, 3.63) is 27.3 Å². The third-order valence-electron chi connectivity index (χ3n) is 2.42. The van der Waals surface area contributed by atoms with Gasteiger partial charge in [-0.2, -0.15) is 0 Å². The Bertz CT molecular complexity index is 308. The molecular formula is C10H13IN2. The standard InChI is InChI=1S/C10H13IN2/c11-9-6-8(2-3-10(9)12)7-13-4-1-5-13/h2-3,6H,1,4-5,7,12H2. The molecule has 0 aromatic heterocycles. The maximum Gasteiger partial charge on any atom is 0.0449 e. The summed E-state index contributed by atoms with van der Waals surface area (Å²) in [4.78, 5) is 2.45. The monoisotopic (exact) mass is 288 g/mol. The van der Waals surface area contributed by atoms with Crippen LogP contribution in [0.3, 0.4) is 0 Å². The first-order valence-electron chi connectivity index (χ1n) is 4.52. The average Bonchev–Trinajstić information content (AvgIpc) is 2.04. The number of halogens is 1. The van der Waals surface area contributed by atoms with Crippen molar-refractivity contribution in [3.8, 4) is 0 Å². The molecule has 0 radical (unpaired) electrons. The van der Waals surface area contributed by atoms with Crippen molar-refractivity contribution in [3.63, 3.8) is 0 Å². The number of nitrogens with zero attached hydrogens (tertiary/aromatic N) is 1. The first kappa shape index (κ1) is 9.27. The van der Waals surface area contributed by atoms with E-state index < -0.39 is 0 Å². The predicted molar refractivity (Wildman–Crippen MR) is 63.5 cm³/mol. The lowest BCUT2D eigenvalue weighted by atomic mass is 10.1. The lowest BCUT2D eigenvalue weighted by molar-refractivity contribution is 0.172. The number of hydrogen-bond acceptors (Lipinski definition) is 2. The normalized spacial score (nSPS) is 17.0. The van der Waals surface area contributed by atoms with Crippen molar-refractivity contribution < 1.29 is 0 Å². The van der Waals surface area contributed by atoms with E-state index in [9.17, 15) is 0 Å². The number of nitrogens with two attached hydrogens (primary N) is 1. The van der Waals surface area contributed by atoms with Crippen LogP contribution in [0.25, 0.3) is 0 Å². The molecule has 1 aliphatic heterocycles. The van der Waals surface area contributed by atoms with Gasteiger partial charge in [0.25, 0.3) is 0 Å². The maximum absolute atomic E-state index is 5.74. The van der Waals surface area contributed by atoms with Crippen molar-refractivity contribution in [2.45, 2.75) is 13.0 Å². The molecule has 1 heterocycles. The van der Waals surface area contributed by atoms with Crippen LogP contribution >= 0.6 is 22.6 Å². The summed E-state index contributed by atoms with van der Waals surface area (Å²) in [7, 11) is 0. The van der Waals surface area contributed by atoms with Crippen LogP contribution in [0.5, 0.6) is 0 Å². The van der Waals surface area contributed by atoms with Gasteiger partial charge in [0.1, 0.15) is 0 Å². The summed E-state index contributed by atoms with van der Waals surface area (Å²) < 4.78 is 1.16. The summed E-state index contributed by atoms with van der Waals surface area (Å²) in [5, 5.41) is 0. The molecule has 0 saturated carbocycles. The number of rotatable bonds is 2. The highest BCUT2D eigenvalue weighted by Crippen LogP contribution is 2.19. The fraction of sp³-hybridized carbons (Fsp3) is 0.400. The lowest BCUT2D eigenvalue weighted by Gasteiger charge is -2.30. The number of likely N-dealkylation sites (tertiary alicyclic amines) is 1. The van der Waals surface area contributed by atoms with E-state index in [-0.39, 0.29) is 0 Å². The molecule has 3 heteroatoms. The van der Waals surface area contributed by atoms with E-state index >= 15 is 0 Å². The van der Waals surface area contributed by atoms with Gasteiger partial charge in [-0.25, -0.2) is 0 Å². The molecular weight excluding hydrogens is 275 g/mol. The molecule has 1 aliphatic rings. The van der Waals surface area contributed by atoms with Gasteiger partial charge in [-0.05, 0) is 59.8 Å². The van der Waals surface area contributed by atoms with E-state index in [2.05, 4.69) is 39.6 Å². The molecule has 2 rings (SSSR count). The number of anilines is 1. The second kappa shape index (κ2) is 3.84. The molecule has 13 heavy (non-hydrogen) atoms. The Morgan fingerprint density at radius 2 is 2.15 bits per heavy atom. The highest BCUT2D eigenvalue weighted by molar-refractivity contribution is 14.1. The number of hydrogen-bond donors (Lipinski definition) is 1. The SMILES string of the molecule is Nc1ccc(CN2CCC2)cc1I. The van der Waals surface area contributed by atoms with E-state index in [0.717, 1.165) is 15.8 Å². The van der Waals surface area contributed by atoms with Crippen LogP contribution in [0.1, 0.15) is 12.0 Å². The van der Waals surface area contributed by atoms with Gasteiger partial charge in [-0.1, -0.05) is 6.07 Å². The highest BCUT2D eigenvalue weighted by Gasteiger charge is 2.13. The first-order chi connectivity index (χ1) is 6.25. The molecule has 1 aromatic carbocycles. The van der Waals surface area contributed by atoms with E-state index in [4.69, 9.17) is 5.73 Å². The Morgan fingerprint density at radius 3 is 2.69 bits per heavy atom. The molecule has 0 bridgehead atoms. The summed E-state index contributed by atoms with van der Waals surface area (Å²) in [6, 6.07) is 6.29. The van der Waals surface area contributed by atoms with Gasteiger partial charge in [0.15, 0.2) is 0 Å². The lowest BCUT2D eigenvalue weighted by Crippen LogP contribution is -2.36. The van der Waals surface area contributed by atoms with Crippen molar-refractivity contribution >= 4 is 28.3 Å². The van der Waals surface area contributed by atoms with Gasteiger partial charge >= 0.3 is 0 Å². The molecule has 70 valence electrons. The topological polar surface area (TPSA) is 29.3 Å². The first-order valence-corrected chi connectivity index (χ1v) is 5.60. The zero-order chi connectivity index (χ0) is 9.26. The van der Waals surface area contributed by atoms with E-state index in [1.54, 1.807) is 0 Å². The fourth-order valence-electron chi connectivity index (χ4n) is 1.47. The Morgan fingerprint density at radius 1 is 1.38 bits per heavy atom. The third kappa shape index (κ3) is 2.14. The molecule has 0 atom stereocenters. The zero-order valence-electron chi connectivity index (χ0n) is 7.46. The number of benzene rings is 1. The van der Waals surface area contributed by atoms with Crippen LogP contribution in [0.4, 0.5) is 5.69 Å². The van der Waals surface area contributed by atoms with Gasteiger partial charge in [0, 0.05) is 15.8 Å². The van der Waals surface area contributed by atoms with Crippen LogP contribution in [-0.2, 0) is 6.54 Å². The van der Waals surface area contributed by atoms with Crippen LogP contribution in [-0.4, -0.2) is 18.0 Å². The minimum absolute atomic E-state index is 0.882. The van der Waals surface area contributed by atoms with Gasteiger partial charge in [0.05, 0.1) is 0 Å². The Balaban J connectivity index is 2.07. The van der Waals surface area contributed by atoms with Crippen LogP contribution in [0, 0.1) is 3.57 Å². The molecule has 2 nitrogen and oxygen atoms in total. The Labute approximate surface area is 92.2 Å². The van der Waals surface area contributed by atoms with E-state index in [1.165, 1.54) is 25.1 Å². The summed E-state index contributed by atoms with van der Waals surface area (Å²) in [6.45, 7) is 3.58. The smallest absolute Gasteiger partial charge is 0.0449 e. The van der Waals surface area contributed by atoms with Gasteiger partial charge in [-0.15, -0.1) is 0 Å². The molecule has 0 aliphatic carbocycles. The van der Waals surface area contributed by atoms with Gasteiger partial charge in [0.2, 0.25) is 0 Å². The molecule has 0 unspecified atom stereocenters. The predicted octanol–water partition coefficient (Wildman–Crippen LogP) is 2.08. The van der Waals surface area contributed by atoms with Crippen molar-refractivity contribution in [2.24, 2.45) is 0 Å². The van der Waals surface area contributed by atoms with Gasteiger partial charge in [-0.3, -0.25) is 4.90 Å². The summed E-state index contributed by atoms with van der Waals surface area (Å²) >= 11 is 2.28. The molecule has 1 fully saturated rings. The van der Waals surface area contributed by atoms with Crippen LogP contribution < -0.4 is 5.73 Å². The van der Waals surface area contributed by atoms with E-state index in [0.29, 0.717) is 0 Å². The fourth-order valence-corrected chi connectivity index (χ4v) is 2.05. The zero-order valence-corrected chi connectivity index (χ0v) is 9.62. The molecule has 1 saturated heterocycles. The van der Waals surface area contributed by atoms with Crippen LogP contribution in [0.2, 0.25) is 0 Å². The summed E-state index contributed by atoms with van der Waals surface area (Å²) in [6.07, 6.45) is 1.35. The third-order valence-corrected chi connectivity index (χ3v) is 3.35. The Kier molecular flexibility index (Phi) is 2.74. The summed E-state index contributed by atoms with van der Waals surface area (Å²) in [5.41, 5.74) is 8.00. The van der Waals surface area contributed by atoms with Crippen LogP contribution in [0.15, 0.2) is 18.2 Å². The molecule has 0 amide bonds. The average molecular weight is 288 g/mol. The maximum atomic E-state index is 5.74. The van der Waals surface area contributed by atoms with Crippen molar-refractivity contribution in [1.29, 1.82) is 0 Å². The molecule has 2 N–H and O–H groups in total. The minimum Gasteiger partial charge on any atom is -0.398 e. The number of nitrogen functional groups attached to an aromatic ring is 1. The highest BCUT2D eigenvalue weighted by atomic mass is 127. The summed E-state index contributed by atoms with van der Waals surface area (Å²) in [5.74, 6) is 0. The second-order valence-corrected chi connectivity index (χ2v) is 4.65. The second-order valence-electron chi connectivity index (χ2n) is 3.49. The van der Waals surface area contributed by atoms with E-state index in [1.807, 2.05) is 6.07 Å². The van der Waals surface area contributed by atoms with Crippen molar-refractivity contribution in [1.82, 2.24) is 4.90 Å².